The highest BCUT2D eigenvalue weighted by atomic mass is 16.4. The van der Waals surface area contributed by atoms with Crippen LogP contribution in [0.15, 0.2) is 0 Å². The molecule has 1 aliphatic rings. The molecule has 0 spiro atoms. The lowest BCUT2D eigenvalue weighted by Gasteiger charge is -2.26. The Morgan fingerprint density at radius 2 is 1.90 bits per heavy atom. The van der Waals surface area contributed by atoms with E-state index in [4.69, 9.17) is 10.8 Å². The van der Waals surface area contributed by atoms with Gasteiger partial charge >= 0.3 is 5.97 Å². The second kappa shape index (κ2) is 9.77. The first-order chi connectivity index (χ1) is 10.1. The zero-order valence-corrected chi connectivity index (χ0v) is 13.1. The zero-order chi connectivity index (χ0) is 15.7. The second-order valence-corrected chi connectivity index (χ2v) is 6.25. The van der Waals surface area contributed by atoms with Crippen molar-refractivity contribution < 1.29 is 14.7 Å². The number of hydrogen-bond donors (Lipinski definition) is 3. The van der Waals surface area contributed by atoms with Crippen LogP contribution in [0.25, 0.3) is 0 Å². The number of hydrogen-bond acceptors (Lipinski definition) is 3. The zero-order valence-electron chi connectivity index (χ0n) is 13.1. The van der Waals surface area contributed by atoms with Gasteiger partial charge in [0.25, 0.3) is 0 Å². The first-order valence-electron chi connectivity index (χ1n) is 8.26. The highest BCUT2D eigenvalue weighted by Gasteiger charge is 2.25. The van der Waals surface area contributed by atoms with E-state index >= 15 is 0 Å². The summed E-state index contributed by atoms with van der Waals surface area (Å²) in [5, 5.41) is 12.0. The molecule has 4 N–H and O–H groups in total. The molecule has 5 heteroatoms. The van der Waals surface area contributed by atoms with Gasteiger partial charge in [-0.3, -0.25) is 9.59 Å². The summed E-state index contributed by atoms with van der Waals surface area (Å²) in [5.74, 6) is 0.245. The maximum Gasteiger partial charge on any atom is 0.306 e. The molecule has 0 aromatic carbocycles. The maximum atomic E-state index is 11.8. The molecule has 0 aliphatic heterocycles. The molecule has 0 aromatic heterocycles. The van der Waals surface area contributed by atoms with Gasteiger partial charge in [-0.2, -0.15) is 0 Å². The van der Waals surface area contributed by atoms with E-state index in [0.29, 0.717) is 31.3 Å². The number of rotatable bonds is 9. The Hall–Kier alpha value is -1.10. The van der Waals surface area contributed by atoms with Crippen molar-refractivity contribution in [2.45, 2.75) is 58.3 Å². The first kappa shape index (κ1) is 18.0. The molecule has 1 fully saturated rings. The molecule has 122 valence electrons. The average Bonchev–Trinajstić information content (AvgIpc) is 2.49. The normalized spacial score (nSPS) is 23.5. The van der Waals surface area contributed by atoms with Crippen LogP contribution in [-0.2, 0) is 9.59 Å². The summed E-state index contributed by atoms with van der Waals surface area (Å²) in [6.07, 6.45) is 6.83. The third-order valence-corrected chi connectivity index (χ3v) is 4.72. The minimum atomic E-state index is -0.678. The fourth-order valence-corrected chi connectivity index (χ4v) is 3.08. The molecule has 0 radical (unpaired) electrons. The smallest absolute Gasteiger partial charge is 0.306 e. The Bertz CT molecular complexity index is 325. The standard InChI is InChI=1S/C16H30N2O3/c1-2-12(9-10-17)5-8-15(19)18-11-13-3-6-14(7-4-13)16(20)21/h12-14H,2-11,17H2,1H3,(H,18,19)(H,20,21). The predicted octanol–water partition coefficient (Wildman–Crippen LogP) is 2.15. The van der Waals surface area contributed by atoms with E-state index < -0.39 is 5.97 Å². The van der Waals surface area contributed by atoms with Crippen molar-refractivity contribution in [3.05, 3.63) is 0 Å². The lowest BCUT2D eigenvalue weighted by Crippen LogP contribution is -2.32. The summed E-state index contributed by atoms with van der Waals surface area (Å²) in [6.45, 7) is 3.52. The third-order valence-electron chi connectivity index (χ3n) is 4.72. The SMILES string of the molecule is CCC(CCN)CCC(=O)NCC1CCC(C(=O)O)CC1. The Morgan fingerprint density at radius 1 is 1.24 bits per heavy atom. The van der Waals surface area contributed by atoms with E-state index in [1.165, 1.54) is 0 Å². The van der Waals surface area contributed by atoms with Crippen molar-refractivity contribution in [3.8, 4) is 0 Å². The van der Waals surface area contributed by atoms with Crippen molar-refractivity contribution >= 4 is 11.9 Å². The van der Waals surface area contributed by atoms with E-state index in [1.807, 2.05) is 0 Å². The van der Waals surface area contributed by atoms with Crippen LogP contribution in [0, 0.1) is 17.8 Å². The van der Waals surface area contributed by atoms with Crippen molar-refractivity contribution in [2.24, 2.45) is 23.5 Å². The fourth-order valence-electron chi connectivity index (χ4n) is 3.08. The van der Waals surface area contributed by atoms with E-state index in [0.717, 1.165) is 44.9 Å². The first-order valence-corrected chi connectivity index (χ1v) is 8.26. The number of carbonyl (C=O) groups excluding carboxylic acids is 1. The molecule has 5 nitrogen and oxygen atoms in total. The Labute approximate surface area is 127 Å². The highest BCUT2D eigenvalue weighted by Crippen LogP contribution is 2.28. The molecule has 0 bridgehead atoms. The molecule has 1 saturated carbocycles. The Morgan fingerprint density at radius 3 is 2.43 bits per heavy atom. The summed E-state index contributed by atoms with van der Waals surface area (Å²) >= 11 is 0. The predicted molar refractivity (Wildman–Crippen MR) is 82.8 cm³/mol. The molecule has 1 amide bonds. The minimum absolute atomic E-state index is 0.117. The van der Waals surface area contributed by atoms with Crippen molar-refractivity contribution in [1.29, 1.82) is 0 Å². The number of carboxylic acid groups (broad SMARTS) is 1. The van der Waals surface area contributed by atoms with Crippen LogP contribution in [0.2, 0.25) is 0 Å². The van der Waals surface area contributed by atoms with Crippen LogP contribution in [0.4, 0.5) is 0 Å². The summed E-state index contributed by atoms with van der Waals surface area (Å²) in [6, 6.07) is 0. The number of nitrogens with one attached hydrogen (secondary N) is 1. The van der Waals surface area contributed by atoms with Crippen molar-refractivity contribution in [2.75, 3.05) is 13.1 Å². The summed E-state index contributed by atoms with van der Waals surface area (Å²) in [5.41, 5.74) is 5.56. The van der Waals surface area contributed by atoms with E-state index in [1.54, 1.807) is 0 Å². The molecular formula is C16H30N2O3. The molecule has 21 heavy (non-hydrogen) atoms. The lowest BCUT2D eigenvalue weighted by molar-refractivity contribution is -0.143. The molecule has 0 saturated heterocycles. The number of aliphatic carboxylic acids is 1. The largest absolute Gasteiger partial charge is 0.481 e. The van der Waals surface area contributed by atoms with E-state index in [2.05, 4.69) is 12.2 Å². The number of carboxylic acids is 1. The summed E-state index contributed by atoms with van der Waals surface area (Å²) in [7, 11) is 0. The summed E-state index contributed by atoms with van der Waals surface area (Å²) in [4.78, 5) is 22.7. The van der Waals surface area contributed by atoms with Gasteiger partial charge in [-0.25, -0.2) is 0 Å². The van der Waals surface area contributed by atoms with Crippen LogP contribution in [0.3, 0.4) is 0 Å². The van der Waals surface area contributed by atoms with Crippen LogP contribution in [-0.4, -0.2) is 30.1 Å². The van der Waals surface area contributed by atoms with Gasteiger partial charge in [-0.15, -0.1) is 0 Å². The molecule has 1 rings (SSSR count). The Balaban J connectivity index is 2.15. The van der Waals surface area contributed by atoms with Gasteiger partial charge in [-0.05, 0) is 56.9 Å². The monoisotopic (exact) mass is 298 g/mol. The van der Waals surface area contributed by atoms with E-state index in [-0.39, 0.29) is 11.8 Å². The second-order valence-electron chi connectivity index (χ2n) is 6.25. The minimum Gasteiger partial charge on any atom is -0.481 e. The van der Waals surface area contributed by atoms with E-state index in [9.17, 15) is 9.59 Å². The number of amides is 1. The van der Waals surface area contributed by atoms with Gasteiger partial charge in [0, 0.05) is 13.0 Å². The highest BCUT2D eigenvalue weighted by molar-refractivity contribution is 5.75. The molecule has 0 heterocycles. The van der Waals surface area contributed by atoms with Gasteiger partial charge in [-0.1, -0.05) is 13.3 Å². The average molecular weight is 298 g/mol. The fraction of sp³-hybridized carbons (Fsp3) is 0.875. The van der Waals surface area contributed by atoms with Gasteiger partial charge in [0.1, 0.15) is 0 Å². The van der Waals surface area contributed by atoms with Crippen LogP contribution < -0.4 is 11.1 Å². The van der Waals surface area contributed by atoms with Crippen LogP contribution in [0.5, 0.6) is 0 Å². The van der Waals surface area contributed by atoms with Gasteiger partial charge in [0.15, 0.2) is 0 Å². The quantitative estimate of drug-likeness (QED) is 0.608. The van der Waals surface area contributed by atoms with Crippen LogP contribution in [0.1, 0.15) is 58.3 Å². The van der Waals surface area contributed by atoms with Gasteiger partial charge in [0.2, 0.25) is 5.91 Å². The molecule has 1 atom stereocenters. The third kappa shape index (κ3) is 6.93. The summed E-state index contributed by atoms with van der Waals surface area (Å²) < 4.78 is 0. The molecule has 1 unspecified atom stereocenters. The number of nitrogens with two attached hydrogens (primary N) is 1. The van der Waals surface area contributed by atoms with Crippen molar-refractivity contribution in [3.63, 3.8) is 0 Å². The molecule has 1 aliphatic carbocycles. The topological polar surface area (TPSA) is 92.4 Å². The molecule has 0 aromatic rings. The lowest BCUT2D eigenvalue weighted by atomic mass is 9.82. The van der Waals surface area contributed by atoms with Crippen molar-refractivity contribution in [1.82, 2.24) is 5.32 Å². The Kier molecular flexibility index (Phi) is 8.35. The van der Waals surface area contributed by atoms with Gasteiger partial charge < -0.3 is 16.2 Å². The maximum absolute atomic E-state index is 11.8. The van der Waals surface area contributed by atoms with Crippen LogP contribution >= 0.6 is 0 Å². The number of carbonyl (C=O) groups is 2. The van der Waals surface area contributed by atoms with Gasteiger partial charge in [0.05, 0.1) is 5.92 Å². The molecular weight excluding hydrogens is 268 g/mol.